The SMILES string of the molecule is Cc1onc(-c2ccccc2)c1C(=O)n1ncnc1SC(=O)c1c(-c2ccccc2Cl)noc1C. The Kier molecular flexibility index (Phi) is 6.06. The summed E-state index contributed by atoms with van der Waals surface area (Å²) in [5, 5.41) is 12.2. The molecule has 0 aliphatic heterocycles. The number of hydrogen-bond donors (Lipinski definition) is 0. The molecule has 0 N–H and O–H groups in total. The third-order valence-corrected chi connectivity index (χ3v) is 6.39. The second-order valence-corrected chi connectivity index (χ2v) is 8.77. The topological polar surface area (TPSA) is 117 Å². The highest BCUT2D eigenvalue weighted by Crippen LogP contribution is 2.35. The van der Waals surface area contributed by atoms with Crippen LogP contribution in [0.2, 0.25) is 5.02 Å². The first-order chi connectivity index (χ1) is 17.0. The molecular formula is C24H16ClN5O4S. The van der Waals surface area contributed by atoms with Crippen LogP contribution in [0.5, 0.6) is 0 Å². The van der Waals surface area contributed by atoms with Gasteiger partial charge in [-0.15, -0.1) is 0 Å². The Labute approximate surface area is 208 Å². The van der Waals surface area contributed by atoms with Gasteiger partial charge in [-0.3, -0.25) is 9.59 Å². The molecule has 0 unspecified atom stereocenters. The van der Waals surface area contributed by atoms with Crippen molar-refractivity contribution in [3.63, 3.8) is 0 Å². The van der Waals surface area contributed by atoms with Crippen molar-refractivity contribution in [2.24, 2.45) is 0 Å². The van der Waals surface area contributed by atoms with E-state index in [1.54, 1.807) is 38.1 Å². The zero-order valence-corrected chi connectivity index (χ0v) is 20.0. The summed E-state index contributed by atoms with van der Waals surface area (Å²) in [5.74, 6) is 0.113. The molecule has 0 radical (unpaired) electrons. The number of aryl methyl sites for hydroxylation is 2. The number of carbonyl (C=O) groups is 2. The number of nitrogens with zero attached hydrogens (tertiary/aromatic N) is 5. The van der Waals surface area contributed by atoms with Crippen LogP contribution < -0.4 is 0 Å². The summed E-state index contributed by atoms with van der Waals surface area (Å²) in [4.78, 5) is 30.9. The molecule has 0 atom stereocenters. The molecule has 0 saturated carbocycles. The number of carbonyl (C=O) groups excluding carboxylic acids is 2. The quantitative estimate of drug-likeness (QED) is 0.286. The lowest BCUT2D eigenvalue weighted by molar-refractivity contribution is 0.0932. The van der Waals surface area contributed by atoms with Crippen molar-refractivity contribution in [2.45, 2.75) is 19.0 Å². The smallest absolute Gasteiger partial charge is 0.286 e. The van der Waals surface area contributed by atoms with Gasteiger partial charge < -0.3 is 9.05 Å². The highest BCUT2D eigenvalue weighted by molar-refractivity contribution is 8.14. The van der Waals surface area contributed by atoms with E-state index in [2.05, 4.69) is 20.4 Å². The molecule has 0 bridgehead atoms. The molecule has 3 heterocycles. The molecule has 0 aliphatic rings. The average Bonchev–Trinajstić information content (AvgIpc) is 3.58. The van der Waals surface area contributed by atoms with Gasteiger partial charge in [0.05, 0.1) is 10.6 Å². The minimum absolute atomic E-state index is 0.0744. The Morgan fingerprint density at radius 2 is 1.54 bits per heavy atom. The molecule has 5 rings (SSSR count). The van der Waals surface area contributed by atoms with Gasteiger partial charge in [-0.25, -0.2) is 4.98 Å². The number of thioether (sulfide) groups is 1. The summed E-state index contributed by atoms with van der Waals surface area (Å²) in [6, 6.07) is 16.2. The Morgan fingerprint density at radius 3 is 2.29 bits per heavy atom. The molecule has 35 heavy (non-hydrogen) atoms. The van der Waals surface area contributed by atoms with Gasteiger partial charge in [0.2, 0.25) is 10.3 Å². The van der Waals surface area contributed by atoms with Gasteiger partial charge in [-0.1, -0.05) is 70.4 Å². The summed E-state index contributed by atoms with van der Waals surface area (Å²) in [6.07, 6.45) is 1.20. The van der Waals surface area contributed by atoms with Crippen molar-refractivity contribution in [1.82, 2.24) is 25.1 Å². The highest BCUT2D eigenvalue weighted by atomic mass is 35.5. The molecule has 5 aromatic rings. The lowest BCUT2D eigenvalue weighted by atomic mass is 10.1. The number of benzene rings is 2. The normalized spacial score (nSPS) is 11.1. The first-order valence-corrected chi connectivity index (χ1v) is 11.5. The van der Waals surface area contributed by atoms with Crippen molar-refractivity contribution in [1.29, 1.82) is 0 Å². The Balaban J connectivity index is 1.48. The largest absolute Gasteiger partial charge is 0.360 e. The molecule has 9 nitrogen and oxygen atoms in total. The van der Waals surface area contributed by atoms with Gasteiger partial charge >= 0.3 is 0 Å². The van der Waals surface area contributed by atoms with E-state index in [1.807, 2.05) is 30.3 Å². The lowest BCUT2D eigenvalue weighted by Crippen LogP contribution is -2.17. The maximum Gasteiger partial charge on any atom is 0.286 e. The zero-order valence-electron chi connectivity index (χ0n) is 18.4. The molecule has 3 aromatic heterocycles. The molecule has 2 aromatic carbocycles. The first kappa shape index (κ1) is 22.8. The van der Waals surface area contributed by atoms with Crippen LogP contribution in [-0.4, -0.2) is 36.1 Å². The molecule has 0 aliphatic carbocycles. The molecule has 0 spiro atoms. The van der Waals surface area contributed by atoms with Crippen molar-refractivity contribution in [3.05, 3.63) is 88.6 Å². The Bertz CT molecular complexity index is 1560. The van der Waals surface area contributed by atoms with Crippen LogP contribution in [0.4, 0.5) is 0 Å². The first-order valence-electron chi connectivity index (χ1n) is 10.4. The van der Waals surface area contributed by atoms with E-state index >= 15 is 0 Å². The highest BCUT2D eigenvalue weighted by Gasteiger charge is 2.29. The van der Waals surface area contributed by atoms with Crippen LogP contribution in [0, 0.1) is 13.8 Å². The maximum atomic E-state index is 13.5. The number of hydrogen-bond acceptors (Lipinski definition) is 9. The van der Waals surface area contributed by atoms with E-state index in [4.69, 9.17) is 20.6 Å². The molecule has 0 amide bonds. The van der Waals surface area contributed by atoms with Gasteiger partial charge in [-0.05, 0) is 31.7 Å². The van der Waals surface area contributed by atoms with E-state index in [0.717, 1.165) is 16.4 Å². The van der Waals surface area contributed by atoms with Crippen LogP contribution in [0.15, 0.2) is 75.1 Å². The van der Waals surface area contributed by atoms with E-state index in [1.165, 1.54) is 6.33 Å². The van der Waals surface area contributed by atoms with Gasteiger partial charge in [-0.2, -0.15) is 9.78 Å². The zero-order chi connectivity index (χ0) is 24.5. The fourth-order valence-electron chi connectivity index (χ4n) is 3.55. The summed E-state index contributed by atoms with van der Waals surface area (Å²) in [7, 11) is 0. The van der Waals surface area contributed by atoms with E-state index in [-0.39, 0.29) is 16.3 Å². The Hall–Kier alpha value is -4.02. The molecule has 0 saturated heterocycles. The van der Waals surface area contributed by atoms with Crippen molar-refractivity contribution >= 4 is 34.4 Å². The van der Waals surface area contributed by atoms with E-state index in [9.17, 15) is 9.59 Å². The van der Waals surface area contributed by atoms with Gasteiger partial charge in [0.25, 0.3) is 5.91 Å². The number of halogens is 1. The summed E-state index contributed by atoms with van der Waals surface area (Å²) < 4.78 is 11.6. The van der Waals surface area contributed by atoms with Crippen LogP contribution in [0.3, 0.4) is 0 Å². The standard InChI is InChI=1S/C24H16ClN5O4S/c1-13-18(20(28-33-13)15-8-4-3-5-9-15)22(31)30-24(26-12-27-30)35-23(32)19-14(2)34-29-21(19)16-10-6-7-11-17(16)25/h3-12H,1-2H3. The van der Waals surface area contributed by atoms with Crippen LogP contribution >= 0.6 is 23.4 Å². The monoisotopic (exact) mass is 505 g/mol. The van der Waals surface area contributed by atoms with Crippen molar-refractivity contribution in [2.75, 3.05) is 0 Å². The Morgan fingerprint density at radius 1 is 0.886 bits per heavy atom. The minimum atomic E-state index is -0.524. The predicted molar refractivity (Wildman–Crippen MR) is 128 cm³/mol. The molecule has 11 heteroatoms. The van der Waals surface area contributed by atoms with Crippen LogP contribution in [0.25, 0.3) is 22.5 Å². The molecule has 174 valence electrons. The second kappa shape index (κ2) is 9.32. The fraction of sp³-hybridized carbons (Fsp3) is 0.0833. The van der Waals surface area contributed by atoms with Gasteiger partial charge in [0, 0.05) is 11.1 Å². The maximum absolute atomic E-state index is 13.5. The van der Waals surface area contributed by atoms with Crippen molar-refractivity contribution < 1.29 is 18.6 Å². The predicted octanol–water partition coefficient (Wildman–Crippen LogP) is 5.48. The van der Waals surface area contributed by atoms with Gasteiger partial charge in [0.15, 0.2) is 0 Å². The van der Waals surface area contributed by atoms with Gasteiger partial charge in [0.1, 0.15) is 34.8 Å². The summed E-state index contributed by atoms with van der Waals surface area (Å²) in [5.41, 5.74) is 2.42. The third kappa shape index (κ3) is 4.17. The van der Waals surface area contributed by atoms with Crippen molar-refractivity contribution in [3.8, 4) is 22.5 Å². The third-order valence-electron chi connectivity index (χ3n) is 5.21. The minimum Gasteiger partial charge on any atom is -0.360 e. The van der Waals surface area contributed by atoms with E-state index < -0.39 is 11.0 Å². The second-order valence-electron chi connectivity index (χ2n) is 7.42. The molecular weight excluding hydrogens is 490 g/mol. The van der Waals surface area contributed by atoms with E-state index in [0.29, 0.717) is 39.1 Å². The van der Waals surface area contributed by atoms with Crippen LogP contribution in [-0.2, 0) is 0 Å². The van der Waals surface area contributed by atoms with Crippen LogP contribution in [0.1, 0.15) is 32.2 Å². The summed E-state index contributed by atoms with van der Waals surface area (Å²) in [6.45, 7) is 3.27. The number of aromatic nitrogens is 5. The average molecular weight is 506 g/mol. The molecule has 0 fully saturated rings. The fourth-order valence-corrected chi connectivity index (χ4v) is 4.60. The summed E-state index contributed by atoms with van der Waals surface area (Å²) >= 11 is 7.04. The number of rotatable bonds is 5. The lowest BCUT2D eigenvalue weighted by Gasteiger charge is -2.06.